The molecule has 0 unspecified atom stereocenters. The number of amides is 1. The fraction of sp³-hybridized carbons (Fsp3) is 0.263. The second-order valence-electron chi connectivity index (χ2n) is 5.92. The Labute approximate surface area is 166 Å². The van der Waals surface area contributed by atoms with Gasteiger partial charge < -0.3 is 9.80 Å². The lowest BCUT2D eigenvalue weighted by Gasteiger charge is -2.24. The van der Waals surface area contributed by atoms with E-state index in [4.69, 9.17) is 16.9 Å². The van der Waals surface area contributed by atoms with Crippen LogP contribution in [0.25, 0.3) is 0 Å². The first-order valence-electron chi connectivity index (χ1n) is 8.08. The highest BCUT2D eigenvalue weighted by Crippen LogP contribution is 2.22. The van der Waals surface area contributed by atoms with E-state index in [9.17, 15) is 4.79 Å². The topological polar surface area (TPSA) is 47.3 Å². The van der Waals surface area contributed by atoms with Gasteiger partial charge in [0.2, 0.25) is 0 Å². The molecule has 4 nitrogen and oxygen atoms in total. The van der Waals surface area contributed by atoms with Crippen LogP contribution in [0.4, 0.5) is 5.69 Å². The van der Waals surface area contributed by atoms with Crippen molar-refractivity contribution in [2.24, 2.45) is 0 Å². The first-order valence-corrected chi connectivity index (χ1v) is 9.53. The minimum Gasteiger partial charge on any atom is -0.370 e. The van der Waals surface area contributed by atoms with E-state index in [1.807, 2.05) is 35.2 Å². The van der Waals surface area contributed by atoms with Gasteiger partial charge in [-0.1, -0.05) is 11.6 Å². The number of halogens is 2. The molecule has 6 heteroatoms. The molecule has 0 spiro atoms. The lowest BCUT2D eigenvalue weighted by Crippen LogP contribution is -2.35. The maximum atomic E-state index is 12.8. The molecule has 0 N–H and O–H groups in total. The molecule has 0 radical (unpaired) electrons. The number of rotatable bonds is 2. The third-order valence-corrected chi connectivity index (χ3v) is 5.43. The molecule has 0 aliphatic carbocycles. The number of anilines is 1. The summed E-state index contributed by atoms with van der Waals surface area (Å²) in [6.07, 6.45) is 0.913. The van der Waals surface area contributed by atoms with Crippen molar-refractivity contribution in [1.82, 2.24) is 4.90 Å². The van der Waals surface area contributed by atoms with Crippen LogP contribution < -0.4 is 4.90 Å². The molecule has 3 rings (SSSR count). The SMILES string of the molecule is N#Cc1ccc(N2CCCN(C(=O)c3ccc(Cl)cc3I)CC2)cc1. The molecule has 0 aromatic heterocycles. The molecule has 1 fully saturated rings. The number of carbonyl (C=O) groups is 1. The van der Waals surface area contributed by atoms with Crippen LogP contribution in [0.2, 0.25) is 5.02 Å². The van der Waals surface area contributed by atoms with Crippen molar-refractivity contribution >= 4 is 45.8 Å². The summed E-state index contributed by atoms with van der Waals surface area (Å²) in [5.41, 5.74) is 2.46. The molecule has 2 aromatic carbocycles. The van der Waals surface area contributed by atoms with Gasteiger partial charge in [-0.25, -0.2) is 0 Å². The van der Waals surface area contributed by atoms with Gasteiger partial charge in [0.15, 0.2) is 0 Å². The van der Waals surface area contributed by atoms with E-state index in [1.165, 1.54) is 0 Å². The molecule has 1 saturated heterocycles. The Morgan fingerprint density at radius 1 is 1.08 bits per heavy atom. The van der Waals surface area contributed by atoms with Crippen LogP contribution in [-0.2, 0) is 0 Å². The molecular formula is C19H17ClIN3O. The average Bonchev–Trinajstić information content (AvgIpc) is 2.87. The van der Waals surface area contributed by atoms with Gasteiger partial charge in [0.05, 0.1) is 17.2 Å². The Bertz CT molecular complexity index is 816. The van der Waals surface area contributed by atoms with Gasteiger partial charge >= 0.3 is 0 Å². The Kier molecular flexibility index (Phi) is 5.82. The zero-order chi connectivity index (χ0) is 17.8. The van der Waals surface area contributed by atoms with Crippen LogP contribution in [0.3, 0.4) is 0 Å². The third-order valence-electron chi connectivity index (χ3n) is 4.31. The summed E-state index contributed by atoms with van der Waals surface area (Å²) >= 11 is 8.14. The highest BCUT2D eigenvalue weighted by molar-refractivity contribution is 14.1. The highest BCUT2D eigenvalue weighted by atomic mass is 127. The van der Waals surface area contributed by atoms with E-state index >= 15 is 0 Å². The Morgan fingerprint density at radius 2 is 1.84 bits per heavy atom. The number of hydrogen-bond donors (Lipinski definition) is 0. The predicted molar refractivity (Wildman–Crippen MR) is 108 cm³/mol. The standard InChI is InChI=1S/C19H17ClIN3O/c20-15-4-7-17(18(21)12-15)19(25)24-9-1-8-23(10-11-24)16-5-2-14(13-22)3-6-16/h2-7,12H,1,8-11H2. The molecule has 0 atom stereocenters. The van der Waals surface area contributed by atoms with Gasteiger partial charge in [-0.15, -0.1) is 0 Å². The Balaban J connectivity index is 1.70. The fourth-order valence-corrected chi connectivity index (χ4v) is 4.06. The Hall–Kier alpha value is -1.78. The van der Waals surface area contributed by atoms with Gasteiger partial charge in [-0.05, 0) is 71.5 Å². The summed E-state index contributed by atoms with van der Waals surface area (Å²) in [6, 6.07) is 15.1. The highest BCUT2D eigenvalue weighted by Gasteiger charge is 2.22. The molecule has 1 heterocycles. The lowest BCUT2D eigenvalue weighted by atomic mass is 10.2. The van der Waals surface area contributed by atoms with Crippen LogP contribution in [0.1, 0.15) is 22.3 Å². The van der Waals surface area contributed by atoms with Crippen LogP contribution in [0.5, 0.6) is 0 Å². The first-order chi connectivity index (χ1) is 12.1. The van der Waals surface area contributed by atoms with Gasteiger partial charge in [0, 0.05) is 40.5 Å². The zero-order valence-corrected chi connectivity index (χ0v) is 16.5. The molecule has 25 heavy (non-hydrogen) atoms. The molecule has 0 bridgehead atoms. The Morgan fingerprint density at radius 3 is 2.52 bits per heavy atom. The minimum absolute atomic E-state index is 0.0581. The number of nitriles is 1. The average molecular weight is 466 g/mol. The second-order valence-corrected chi connectivity index (χ2v) is 7.51. The van der Waals surface area contributed by atoms with E-state index in [0.29, 0.717) is 22.7 Å². The van der Waals surface area contributed by atoms with Crippen molar-refractivity contribution in [3.63, 3.8) is 0 Å². The quantitative estimate of drug-likeness (QED) is 0.626. The second kappa shape index (κ2) is 8.07. The molecule has 0 saturated carbocycles. The number of nitrogens with zero attached hydrogens (tertiary/aromatic N) is 3. The predicted octanol–water partition coefficient (Wildman–Crippen LogP) is 4.17. The minimum atomic E-state index is 0.0581. The molecular weight excluding hydrogens is 449 g/mol. The van der Waals surface area contributed by atoms with E-state index in [2.05, 4.69) is 33.6 Å². The van der Waals surface area contributed by atoms with Crippen LogP contribution in [0.15, 0.2) is 42.5 Å². The van der Waals surface area contributed by atoms with Gasteiger partial charge in [-0.3, -0.25) is 4.79 Å². The van der Waals surface area contributed by atoms with Crippen molar-refractivity contribution in [2.75, 3.05) is 31.1 Å². The van der Waals surface area contributed by atoms with E-state index in [0.717, 1.165) is 35.3 Å². The molecule has 1 amide bonds. The lowest BCUT2D eigenvalue weighted by molar-refractivity contribution is 0.0766. The van der Waals surface area contributed by atoms with E-state index in [1.54, 1.807) is 12.1 Å². The van der Waals surface area contributed by atoms with Crippen LogP contribution in [0, 0.1) is 14.9 Å². The van der Waals surface area contributed by atoms with Crippen molar-refractivity contribution in [1.29, 1.82) is 5.26 Å². The number of benzene rings is 2. The molecule has 1 aliphatic heterocycles. The van der Waals surface area contributed by atoms with Gasteiger partial charge in [0.25, 0.3) is 5.91 Å². The number of carbonyl (C=O) groups excluding carboxylic acids is 1. The first kappa shape index (κ1) is 18.0. The maximum absolute atomic E-state index is 12.8. The van der Waals surface area contributed by atoms with Crippen molar-refractivity contribution in [3.05, 3.63) is 62.2 Å². The van der Waals surface area contributed by atoms with Gasteiger partial charge in [0.1, 0.15) is 0 Å². The molecule has 1 aliphatic rings. The normalized spacial score (nSPS) is 14.8. The van der Waals surface area contributed by atoms with E-state index < -0.39 is 0 Å². The summed E-state index contributed by atoms with van der Waals surface area (Å²) in [7, 11) is 0. The summed E-state index contributed by atoms with van der Waals surface area (Å²) in [4.78, 5) is 17.0. The van der Waals surface area contributed by atoms with Crippen LogP contribution in [-0.4, -0.2) is 37.0 Å². The maximum Gasteiger partial charge on any atom is 0.254 e. The smallest absolute Gasteiger partial charge is 0.254 e. The summed E-state index contributed by atoms with van der Waals surface area (Å²) < 4.78 is 0.878. The fourth-order valence-electron chi connectivity index (χ4n) is 2.96. The van der Waals surface area contributed by atoms with Crippen molar-refractivity contribution in [2.45, 2.75) is 6.42 Å². The molecule has 2 aromatic rings. The van der Waals surface area contributed by atoms with Crippen molar-refractivity contribution < 1.29 is 4.79 Å². The summed E-state index contributed by atoms with van der Waals surface area (Å²) in [5, 5.41) is 9.55. The molecule has 128 valence electrons. The van der Waals surface area contributed by atoms with Crippen molar-refractivity contribution in [3.8, 4) is 6.07 Å². The monoisotopic (exact) mass is 465 g/mol. The third kappa shape index (κ3) is 4.25. The van der Waals surface area contributed by atoms with Gasteiger partial charge in [-0.2, -0.15) is 5.26 Å². The van der Waals surface area contributed by atoms with E-state index in [-0.39, 0.29) is 5.91 Å². The largest absolute Gasteiger partial charge is 0.370 e. The summed E-state index contributed by atoms with van der Waals surface area (Å²) in [6.45, 7) is 3.09. The van der Waals surface area contributed by atoms with Crippen LogP contribution >= 0.6 is 34.2 Å². The zero-order valence-electron chi connectivity index (χ0n) is 13.6. The summed E-state index contributed by atoms with van der Waals surface area (Å²) in [5.74, 6) is 0.0581. The number of hydrogen-bond acceptors (Lipinski definition) is 3.